The number of carbonyl (C=O) groups is 1. The van der Waals surface area contributed by atoms with Gasteiger partial charge in [0.1, 0.15) is 34.4 Å². The van der Waals surface area contributed by atoms with Crippen LogP contribution in [0.1, 0.15) is 15.9 Å². The summed E-state index contributed by atoms with van der Waals surface area (Å²) < 4.78 is 17.7. The Hall–Kier alpha value is -4.00. The molecule has 0 aliphatic carbocycles. The molecule has 4 rings (SSSR count). The number of rotatable bonds is 6. The summed E-state index contributed by atoms with van der Waals surface area (Å²) in [5.41, 5.74) is 3.73. The predicted octanol–water partition coefficient (Wildman–Crippen LogP) is 4.59. The van der Waals surface area contributed by atoms with E-state index in [1.54, 1.807) is 32.4 Å². The van der Waals surface area contributed by atoms with E-state index in [4.69, 9.17) is 19.2 Å². The van der Waals surface area contributed by atoms with Gasteiger partial charge in [-0.05, 0) is 61.0 Å². The number of hydrogen-bond acceptors (Lipinski definition) is 5. The quantitative estimate of drug-likeness (QED) is 0.497. The van der Waals surface area contributed by atoms with Gasteiger partial charge >= 0.3 is 0 Å². The molecule has 0 radical (unpaired) electrons. The molecule has 0 aliphatic rings. The number of methoxy groups -OCH3 is 3. The molecule has 0 unspecified atom stereocenters. The maximum absolute atomic E-state index is 13.2. The van der Waals surface area contributed by atoms with Crippen LogP contribution in [0.5, 0.6) is 17.2 Å². The molecule has 4 aromatic rings. The lowest BCUT2D eigenvalue weighted by Gasteiger charge is -2.12. The molecule has 0 saturated heterocycles. The number of anilines is 1. The fraction of sp³-hybridized carbons (Fsp3) is 0.167. The average molecular weight is 417 g/mol. The fourth-order valence-corrected chi connectivity index (χ4v) is 3.38. The van der Waals surface area contributed by atoms with Gasteiger partial charge in [-0.25, -0.2) is 4.98 Å². The van der Waals surface area contributed by atoms with Gasteiger partial charge in [-0.3, -0.25) is 9.20 Å². The first kappa shape index (κ1) is 20.3. The van der Waals surface area contributed by atoms with E-state index >= 15 is 0 Å². The van der Waals surface area contributed by atoms with Crippen molar-refractivity contribution in [3.05, 3.63) is 71.9 Å². The molecule has 0 saturated carbocycles. The van der Waals surface area contributed by atoms with Gasteiger partial charge in [0.25, 0.3) is 5.91 Å². The van der Waals surface area contributed by atoms with Crippen molar-refractivity contribution in [1.29, 1.82) is 0 Å². The molecule has 7 heteroatoms. The minimum absolute atomic E-state index is 0.309. The summed E-state index contributed by atoms with van der Waals surface area (Å²) in [7, 11) is 4.71. The van der Waals surface area contributed by atoms with Crippen molar-refractivity contribution in [3.8, 4) is 28.5 Å². The minimum atomic E-state index is -0.309. The number of nitrogens with one attached hydrogen (secondary N) is 1. The largest absolute Gasteiger partial charge is 0.497 e. The van der Waals surface area contributed by atoms with Gasteiger partial charge in [0.15, 0.2) is 0 Å². The Morgan fingerprint density at radius 1 is 0.903 bits per heavy atom. The van der Waals surface area contributed by atoms with E-state index in [0.717, 1.165) is 22.5 Å². The van der Waals surface area contributed by atoms with E-state index in [-0.39, 0.29) is 5.91 Å². The summed E-state index contributed by atoms with van der Waals surface area (Å²) in [6.07, 6.45) is 1.89. The van der Waals surface area contributed by atoms with Crippen LogP contribution in [-0.4, -0.2) is 36.6 Å². The third-order valence-corrected chi connectivity index (χ3v) is 5.03. The number of fused-ring (bicyclic) bond motifs is 1. The molecule has 1 amide bonds. The summed E-state index contributed by atoms with van der Waals surface area (Å²) in [6.45, 7) is 2.00. The SMILES string of the molecule is COc1ccc(-c2nc3cc(C)ccn3c2NC(=O)c2ccc(OC)cc2OC)cc1. The van der Waals surface area contributed by atoms with Crippen molar-refractivity contribution in [2.75, 3.05) is 26.6 Å². The maximum Gasteiger partial charge on any atom is 0.260 e. The summed E-state index contributed by atoms with van der Waals surface area (Å²) >= 11 is 0. The highest BCUT2D eigenvalue weighted by molar-refractivity contribution is 6.07. The van der Waals surface area contributed by atoms with E-state index in [2.05, 4.69) is 5.32 Å². The van der Waals surface area contributed by atoms with E-state index < -0.39 is 0 Å². The summed E-state index contributed by atoms with van der Waals surface area (Å²) in [6, 6.07) is 16.6. The number of amides is 1. The van der Waals surface area contributed by atoms with Crippen LogP contribution in [0.3, 0.4) is 0 Å². The zero-order chi connectivity index (χ0) is 22.0. The first-order valence-corrected chi connectivity index (χ1v) is 9.70. The van der Waals surface area contributed by atoms with Gasteiger partial charge in [0.05, 0.1) is 26.9 Å². The van der Waals surface area contributed by atoms with E-state index in [1.165, 1.54) is 7.11 Å². The van der Waals surface area contributed by atoms with Crippen molar-refractivity contribution >= 4 is 17.4 Å². The van der Waals surface area contributed by atoms with Crippen LogP contribution in [0.2, 0.25) is 0 Å². The standard InChI is InChI=1S/C24H23N3O4/c1-15-11-12-27-21(13-15)25-22(16-5-7-17(29-2)8-6-16)23(27)26-24(28)19-10-9-18(30-3)14-20(19)31-4/h5-14H,1-4H3,(H,26,28). The van der Waals surface area contributed by atoms with Gasteiger partial charge < -0.3 is 19.5 Å². The average Bonchev–Trinajstić information content (AvgIpc) is 3.15. The Bertz CT molecular complexity index is 1250. The molecular weight excluding hydrogens is 394 g/mol. The molecule has 158 valence electrons. The number of ether oxygens (including phenoxy) is 3. The lowest BCUT2D eigenvalue weighted by atomic mass is 10.1. The monoisotopic (exact) mass is 417 g/mol. The molecule has 0 fully saturated rings. The number of aryl methyl sites for hydroxylation is 1. The Morgan fingerprint density at radius 3 is 2.29 bits per heavy atom. The van der Waals surface area contributed by atoms with Crippen LogP contribution in [0, 0.1) is 6.92 Å². The maximum atomic E-state index is 13.2. The van der Waals surface area contributed by atoms with Crippen LogP contribution in [0.15, 0.2) is 60.8 Å². The molecule has 0 spiro atoms. The number of benzene rings is 2. The number of hydrogen-bond donors (Lipinski definition) is 1. The Kier molecular flexibility index (Phi) is 5.49. The lowest BCUT2D eigenvalue weighted by molar-refractivity contribution is 0.102. The normalized spacial score (nSPS) is 10.7. The second kappa shape index (κ2) is 8.39. The zero-order valence-corrected chi connectivity index (χ0v) is 17.8. The number of aromatic nitrogens is 2. The topological polar surface area (TPSA) is 74.1 Å². The van der Waals surface area contributed by atoms with Crippen LogP contribution in [-0.2, 0) is 0 Å². The summed E-state index contributed by atoms with van der Waals surface area (Å²) in [5.74, 6) is 2.04. The van der Waals surface area contributed by atoms with Gasteiger partial charge in [-0.1, -0.05) is 0 Å². The lowest BCUT2D eigenvalue weighted by Crippen LogP contribution is -2.15. The van der Waals surface area contributed by atoms with E-state index in [1.807, 2.05) is 53.9 Å². The minimum Gasteiger partial charge on any atom is -0.497 e. The molecule has 2 heterocycles. The Balaban J connectivity index is 1.80. The first-order valence-electron chi connectivity index (χ1n) is 9.70. The zero-order valence-electron chi connectivity index (χ0n) is 17.8. The van der Waals surface area contributed by atoms with Crippen molar-refractivity contribution in [2.45, 2.75) is 6.92 Å². The second-order valence-corrected chi connectivity index (χ2v) is 6.99. The van der Waals surface area contributed by atoms with Crippen molar-refractivity contribution in [1.82, 2.24) is 9.38 Å². The fourth-order valence-electron chi connectivity index (χ4n) is 3.38. The predicted molar refractivity (Wildman–Crippen MR) is 119 cm³/mol. The number of nitrogens with zero attached hydrogens (tertiary/aromatic N) is 2. The van der Waals surface area contributed by atoms with Crippen LogP contribution in [0.4, 0.5) is 5.82 Å². The number of imidazole rings is 1. The summed E-state index contributed by atoms with van der Waals surface area (Å²) in [5, 5.41) is 3.02. The third-order valence-electron chi connectivity index (χ3n) is 5.03. The molecule has 31 heavy (non-hydrogen) atoms. The number of carbonyl (C=O) groups excluding carboxylic acids is 1. The van der Waals surface area contributed by atoms with Gasteiger partial charge in [0, 0.05) is 17.8 Å². The molecule has 7 nitrogen and oxygen atoms in total. The third kappa shape index (κ3) is 3.90. The smallest absolute Gasteiger partial charge is 0.260 e. The molecule has 2 aromatic carbocycles. The highest BCUT2D eigenvalue weighted by atomic mass is 16.5. The highest BCUT2D eigenvalue weighted by Gasteiger charge is 2.20. The van der Waals surface area contributed by atoms with Crippen LogP contribution < -0.4 is 19.5 Å². The number of pyridine rings is 1. The van der Waals surface area contributed by atoms with E-state index in [9.17, 15) is 4.79 Å². The Morgan fingerprint density at radius 2 is 1.61 bits per heavy atom. The van der Waals surface area contributed by atoms with Crippen molar-refractivity contribution in [2.24, 2.45) is 0 Å². The molecule has 0 aliphatic heterocycles. The van der Waals surface area contributed by atoms with E-state index in [0.29, 0.717) is 28.6 Å². The Labute approximate surface area is 180 Å². The summed E-state index contributed by atoms with van der Waals surface area (Å²) in [4.78, 5) is 18.0. The van der Waals surface area contributed by atoms with Gasteiger partial charge in [-0.2, -0.15) is 0 Å². The van der Waals surface area contributed by atoms with Crippen molar-refractivity contribution in [3.63, 3.8) is 0 Å². The van der Waals surface area contributed by atoms with Gasteiger partial charge in [-0.15, -0.1) is 0 Å². The van der Waals surface area contributed by atoms with Crippen molar-refractivity contribution < 1.29 is 19.0 Å². The molecular formula is C24H23N3O4. The van der Waals surface area contributed by atoms with Crippen LogP contribution >= 0.6 is 0 Å². The highest BCUT2D eigenvalue weighted by Crippen LogP contribution is 2.32. The second-order valence-electron chi connectivity index (χ2n) is 6.99. The van der Waals surface area contributed by atoms with Gasteiger partial charge in [0.2, 0.25) is 0 Å². The molecule has 0 atom stereocenters. The van der Waals surface area contributed by atoms with Crippen LogP contribution in [0.25, 0.3) is 16.9 Å². The molecule has 2 aromatic heterocycles. The first-order chi connectivity index (χ1) is 15.0. The molecule has 0 bridgehead atoms. The molecule has 1 N–H and O–H groups in total.